The second kappa shape index (κ2) is 6.43. The summed E-state index contributed by atoms with van der Waals surface area (Å²) >= 11 is 0. The summed E-state index contributed by atoms with van der Waals surface area (Å²) in [7, 11) is 0. The number of benzene rings is 1. The van der Waals surface area contributed by atoms with Crippen molar-refractivity contribution in [1.82, 2.24) is 5.32 Å². The van der Waals surface area contributed by atoms with Crippen LogP contribution in [0.2, 0.25) is 0 Å². The molecule has 1 unspecified atom stereocenters. The van der Waals surface area contributed by atoms with Crippen LogP contribution < -0.4 is 11.1 Å². The zero-order chi connectivity index (χ0) is 15.5. The molecular formula is C16H24FN3O. The molecule has 2 rings (SSSR count). The van der Waals surface area contributed by atoms with E-state index in [1.165, 1.54) is 25.3 Å². The first-order valence-electron chi connectivity index (χ1n) is 7.44. The molecule has 1 aromatic rings. The summed E-state index contributed by atoms with van der Waals surface area (Å²) in [5.74, 6) is -0.415. The lowest BCUT2D eigenvalue weighted by atomic mass is 9.73. The van der Waals surface area contributed by atoms with E-state index in [-0.39, 0.29) is 17.1 Å². The zero-order valence-electron chi connectivity index (χ0n) is 12.7. The maximum absolute atomic E-state index is 14.1. The summed E-state index contributed by atoms with van der Waals surface area (Å²) in [4.78, 5) is 0. The Hall–Kier alpha value is -1.62. The molecule has 0 spiro atoms. The highest BCUT2D eigenvalue weighted by Gasteiger charge is 2.31. The van der Waals surface area contributed by atoms with Crippen LogP contribution in [0.25, 0.3) is 0 Å². The second-order valence-electron chi connectivity index (χ2n) is 6.46. The molecular weight excluding hydrogens is 269 g/mol. The highest BCUT2D eigenvalue weighted by atomic mass is 19.1. The van der Waals surface area contributed by atoms with E-state index in [9.17, 15) is 4.39 Å². The Kier molecular flexibility index (Phi) is 4.83. The third-order valence-electron chi connectivity index (χ3n) is 4.50. The molecule has 1 aliphatic carbocycles. The zero-order valence-corrected chi connectivity index (χ0v) is 12.7. The van der Waals surface area contributed by atoms with Gasteiger partial charge >= 0.3 is 0 Å². The van der Waals surface area contributed by atoms with Crippen molar-refractivity contribution in [3.8, 4) is 0 Å². The van der Waals surface area contributed by atoms with Crippen molar-refractivity contribution in [2.24, 2.45) is 16.3 Å². The van der Waals surface area contributed by atoms with Gasteiger partial charge in [0.1, 0.15) is 5.82 Å². The van der Waals surface area contributed by atoms with Crippen molar-refractivity contribution in [3.63, 3.8) is 0 Å². The van der Waals surface area contributed by atoms with Gasteiger partial charge in [-0.25, -0.2) is 4.39 Å². The molecule has 0 aliphatic heterocycles. The molecule has 1 saturated carbocycles. The van der Waals surface area contributed by atoms with Gasteiger partial charge in [0.25, 0.3) is 0 Å². The molecule has 21 heavy (non-hydrogen) atoms. The maximum atomic E-state index is 14.1. The quantitative estimate of drug-likeness (QED) is 0.346. The third kappa shape index (κ3) is 3.73. The van der Waals surface area contributed by atoms with Gasteiger partial charge in [-0.2, -0.15) is 0 Å². The van der Waals surface area contributed by atoms with Gasteiger partial charge in [0, 0.05) is 23.7 Å². The minimum atomic E-state index is -0.333. The molecule has 0 amide bonds. The summed E-state index contributed by atoms with van der Waals surface area (Å²) in [6.07, 6.45) is 4.84. The van der Waals surface area contributed by atoms with Crippen LogP contribution in [0, 0.1) is 11.2 Å². The molecule has 116 valence electrons. The van der Waals surface area contributed by atoms with Gasteiger partial charge in [0.05, 0.1) is 0 Å². The van der Waals surface area contributed by atoms with Gasteiger partial charge in [-0.05, 0) is 24.3 Å². The molecule has 4 nitrogen and oxygen atoms in total. The first-order chi connectivity index (χ1) is 9.94. The van der Waals surface area contributed by atoms with E-state index >= 15 is 0 Å². The fourth-order valence-electron chi connectivity index (χ4n) is 3.01. The first kappa shape index (κ1) is 15.8. The number of nitrogens with zero attached hydrogens (tertiary/aromatic N) is 1. The van der Waals surface area contributed by atoms with Crippen LogP contribution in [0.4, 0.5) is 4.39 Å². The second-order valence-corrected chi connectivity index (χ2v) is 6.46. The molecule has 4 N–H and O–H groups in total. The lowest BCUT2D eigenvalue weighted by Gasteiger charge is -2.39. The lowest BCUT2D eigenvalue weighted by Crippen LogP contribution is -2.43. The Morgan fingerprint density at radius 3 is 2.86 bits per heavy atom. The van der Waals surface area contributed by atoms with Crippen LogP contribution in [0.15, 0.2) is 23.4 Å². The summed E-state index contributed by atoms with van der Waals surface area (Å²) in [5, 5.41) is 15.0. The van der Waals surface area contributed by atoms with E-state index in [4.69, 9.17) is 10.9 Å². The van der Waals surface area contributed by atoms with Crippen LogP contribution in [0.1, 0.15) is 50.7 Å². The Morgan fingerprint density at radius 2 is 2.24 bits per heavy atom. The van der Waals surface area contributed by atoms with E-state index in [2.05, 4.69) is 24.3 Å². The van der Waals surface area contributed by atoms with E-state index in [0.717, 1.165) is 6.42 Å². The van der Waals surface area contributed by atoms with Gasteiger partial charge < -0.3 is 16.3 Å². The Balaban J connectivity index is 2.03. The molecule has 0 bridgehead atoms. The van der Waals surface area contributed by atoms with Crippen molar-refractivity contribution >= 4 is 5.84 Å². The fourth-order valence-corrected chi connectivity index (χ4v) is 3.01. The first-order valence-corrected chi connectivity index (χ1v) is 7.44. The largest absolute Gasteiger partial charge is 0.409 e. The fraction of sp³-hybridized carbons (Fsp3) is 0.562. The van der Waals surface area contributed by atoms with Gasteiger partial charge in [-0.3, -0.25) is 0 Å². The monoisotopic (exact) mass is 293 g/mol. The molecule has 0 heterocycles. The minimum absolute atomic E-state index is 0.0816. The Bertz CT molecular complexity index is 528. The number of halogens is 1. The van der Waals surface area contributed by atoms with E-state index < -0.39 is 0 Å². The SMILES string of the molecule is CC1(C)CCCCC1NCc1ccc(C(N)=NO)cc1F. The predicted octanol–water partition coefficient (Wildman–Crippen LogP) is 2.98. The van der Waals surface area contributed by atoms with Crippen LogP contribution in [-0.2, 0) is 6.54 Å². The number of hydrogen-bond donors (Lipinski definition) is 3. The van der Waals surface area contributed by atoms with Crippen molar-refractivity contribution in [3.05, 3.63) is 35.1 Å². The Labute approximate surface area is 125 Å². The number of nitrogens with one attached hydrogen (secondary N) is 1. The molecule has 0 aromatic heterocycles. The van der Waals surface area contributed by atoms with Gasteiger partial charge in [0.15, 0.2) is 5.84 Å². The predicted molar refractivity (Wildman–Crippen MR) is 81.8 cm³/mol. The smallest absolute Gasteiger partial charge is 0.170 e. The summed E-state index contributed by atoms with van der Waals surface area (Å²) in [6.45, 7) is 5.03. The normalized spacial score (nSPS) is 22.2. The molecule has 1 aromatic carbocycles. The van der Waals surface area contributed by atoms with Crippen molar-refractivity contribution in [2.75, 3.05) is 0 Å². The number of nitrogens with two attached hydrogens (primary N) is 1. The van der Waals surface area contributed by atoms with E-state index in [1.807, 2.05) is 0 Å². The topological polar surface area (TPSA) is 70.6 Å². The highest BCUT2D eigenvalue weighted by Crippen LogP contribution is 2.35. The maximum Gasteiger partial charge on any atom is 0.170 e. The number of hydrogen-bond acceptors (Lipinski definition) is 3. The van der Waals surface area contributed by atoms with Gasteiger partial charge in [0.2, 0.25) is 0 Å². The van der Waals surface area contributed by atoms with Crippen LogP contribution >= 0.6 is 0 Å². The number of rotatable bonds is 4. The number of amidine groups is 1. The van der Waals surface area contributed by atoms with Crippen molar-refractivity contribution in [1.29, 1.82) is 0 Å². The van der Waals surface area contributed by atoms with E-state index in [1.54, 1.807) is 12.1 Å². The highest BCUT2D eigenvalue weighted by molar-refractivity contribution is 5.97. The van der Waals surface area contributed by atoms with Gasteiger partial charge in [-0.15, -0.1) is 0 Å². The van der Waals surface area contributed by atoms with Gasteiger partial charge in [-0.1, -0.05) is 44.0 Å². The standard InChI is InChI=1S/C16H24FN3O/c1-16(2)8-4-3-5-14(16)19-10-12-7-6-11(9-13(12)17)15(18)20-21/h6-7,9,14,19,21H,3-5,8,10H2,1-2H3,(H2,18,20). The number of oxime groups is 1. The third-order valence-corrected chi connectivity index (χ3v) is 4.50. The minimum Gasteiger partial charge on any atom is -0.409 e. The molecule has 0 saturated heterocycles. The summed E-state index contributed by atoms with van der Waals surface area (Å²) in [6, 6.07) is 5.07. The molecule has 1 aliphatic rings. The Morgan fingerprint density at radius 1 is 1.48 bits per heavy atom. The van der Waals surface area contributed by atoms with E-state index in [0.29, 0.717) is 23.7 Å². The van der Waals surface area contributed by atoms with Crippen LogP contribution in [-0.4, -0.2) is 17.1 Å². The average molecular weight is 293 g/mol. The molecule has 1 atom stereocenters. The summed E-state index contributed by atoms with van der Waals surface area (Å²) < 4.78 is 14.1. The molecule has 0 radical (unpaired) electrons. The van der Waals surface area contributed by atoms with Crippen molar-refractivity contribution < 1.29 is 9.60 Å². The average Bonchev–Trinajstić information content (AvgIpc) is 2.46. The lowest BCUT2D eigenvalue weighted by molar-refractivity contribution is 0.166. The van der Waals surface area contributed by atoms with Crippen LogP contribution in [0.5, 0.6) is 0 Å². The molecule has 1 fully saturated rings. The van der Waals surface area contributed by atoms with Crippen LogP contribution in [0.3, 0.4) is 0 Å². The summed E-state index contributed by atoms with van der Waals surface area (Å²) in [5.41, 5.74) is 6.70. The molecule has 5 heteroatoms. The van der Waals surface area contributed by atoms with Crippen molar-refractivity contribution in [2.45, 2.75) is 52.1 Å².